The van der Waals surface area contributed by atoms with E-state index in [1.807, 2.05) is 24.7 Å². The maximum atomic E-state index is 5.62. The number of hydrogen-bond donors (Lipinski definition) is 1. The van der Waals surface area contributed by atoms with Crippen molar-refractivity contribution in [3.63, 3.8) is 0 Å². The fourth-order valence-electron chi connectivity index (χ4n) is 2.04. The van der Waals surface area contributed by atoms with E-state index in [2.05, 4.69) is 32.4 Å². The molecule has 0 amide bonds. The number of aromatic nitrogens is 3. The summed E-state index contributed by atoms with van der Waals surface area (Å²) in [6.07, 6.45) is 8.11. The van der Waals surface area contributed by atoms with Gasteiger partial charge in [-0.2, -0.15) is 0 Å². The molecular weight excluding hydrogens is 270 g/mol. The van der Waals surface area contributed by atoms with Gasteiger partial charge in [0.05, 0.1) is 4.99 Å². The minimum atomic E-state index is 0.524. The van der Waals surface area contributed by atoms with Crippen LogP contribution in [0.25, 0.3) is 0 Å². The number of nitrogens with two attached hydrogens (primary N) is 1. The van der Waals surface area contributed by atoms with Gasteiger partial charge in [0.25, 0.3) is 0 Å². The molecule has 0 aliphatic rings. The van der Waals surface area contributed by atoms with Crippen molar-refractivity contribution in [1.29, 1.82) is 0 Å². The summed E-state index contributed by atoms with van der Waals surface area (Å²) < 4.78 is 2.11. The van der Waals surface area contributed by atoms with Gasteiger partial charge in [0, 0.05) is 50.8 Å². The summed E-state index contributed by atoms with van der Waals surface area (Å²) in [5, 5.41) is 0. The third kappa shape index (κ3) is 3.77. The molecule has 0 unspecified atom stereocenters. The SMILES string of the molecule is CCn1ccnc1N(CCC(N)=S)Cc1cccnc1. The van der Waals surface area contributed by atoms with Crippen LogP contribution in [0.3, 0.4) is 0 Å². The number of pyridine rings is 1. The van der Waals surface area contributed by atoms with Crippen LogP contribution in [0.4, 0.5) is 5.95 Å². The number of imidazole rings is 1. The molecule has 106 valence electrons. The molecule has 0 saturated heterocycles. The zero-order chi connectivity index (χ0) is 14.4. The van der Waals surface area contributed by atoms with Gasteiger partial charge >= 0.3 is 0 Å². The Bertz CT molecular complexity index is 552. The van der Waals surface area contributed by atoms with Crippen molar-refractivity contribution < 1.29 is 0 Å². The number of nitrogens with zero attached hydrogens (tertiary/aromatic N) is 4. The lowest BCUT2D eigenvalue weighted by molar-refractivity contribution is 0.692. The van der Waals surface area contributed by atoms with E-state index in [0.717, 1.165) is 31.1 Å². The van der Waals surface area contributed by atoms with Crippen molar-refractivity contribution in [1.82, 2.24) is 14.5 Å². The molecule has 0 fully saturated rings. The Morgan fingerprint density at radius 2 is 2.30 bits per heavy atom. The van der Waals surface area contributed by atoms with Crippen LogP contribution in [-0.2, 0) is 13.1 Å². The highest BCUT2D eigenvalue weighted by atomic mass is 32.1. The summed E-state index contributed by atoms with van der Waals surface area (Å²) in [5.74, 6) is 0.938. The third-order valence-corrected chi connectivity index (χ3v) is 3.25. The molecule has 2 rings (SSSR count). The standard InChI is InChI=1S/C14H19N5S/c1-2-18-9-7-17-14(18)19(8-5-13(15)20)11-12-4-3-6-16-10-12/h3-4,6-7,9-10H,2,5,8,11H2,1H3,(H2,15,20). The maximum Gasteiger partial charge on any atom is 0.205 e. The first-order valence-corrected chi connectivity index (χ1v) is 7.04. The lowest BCUT2D eigenvalue weighted by atomic mass is 10.2. The first kappa shape index (κ1) is 14.5. The van der Waals surface area contributed by atoms with Gasteiger partial charge < -0.3 is 15.2 Å². The first-order valence-electron chi connectivity index (χ1n) is 6.64. The number of aryl methyl sites for hydroxylation is 1. The fraction of sp³-hybridized carbons (Fsp3) is 0.357. The van der Waals surface area contributed by atoms with Crippen LogP contribution >= 0.6 is 12.2 Å². The zero-order valence-electron chi connectivity index (χ0n) is 11.6. The van der Waals surface area contributed by atoms with Gasteiger partial charge in [0.1, 0.15) is 0 Å². The van der Waals surface area contributed by atoms with Gasteiger partial charge in [0.15, 0.2) is 0 Å². The topological polar surface area (TPSA) is 60.0 Å². The van der Waals surface area contributed by atoms with E-state index in [1.165, 1.54) is 0 Å². The lowest BCUT2D eigenvalue weighted by Crippen LogP contribution is -2.29. The zero-order valence-corrected chi connectivity index (χ0v) is 12.4. The minimum absolute atomic E-state index is 0.524. The number of anilines is 1. The number of thiocarbonyl (C=S) groups is 1. The summed E-state index contributed by atoms with van der Waals surface area (Å²) in [6, 6.07) is 3.99. The smallest absolute Gasteiger partial charge is 0.205 e. The highest BCUT2D eigenvalue weighted by molar-refractivity contribution is 7.80. The van der Waals surface area contributed by atoms with E-state index in [-0.39, 0.29) is 0 Å². The second-order valence-electron chi connectivity index (χ2n) is 4.51. The summed E-state index contributed by atoms with van der Waals surface area (Å²) >= 11 is 4.98. The summed E-state index contributed by atoms with van der Waals surface area (Å²) in [6.45, 7) is 4.47. The Labute approximate surface area is 124 Å². The molecule has 2 aromatic heterocycles. The van der Waals surface area contributed by atoms with Gasteiger partial charge in [-0.1, -0.05) is 18.3 Å². The van der Waals surface area contributed by atoms with E-state index in [9.17, 15) is 0 Å². The quantitative estimate of drug-likeness (QED) is 0.790. The average Bonchev–Trinajstić information content (AvgIpc) is 2.92. The number of hydrogen-bond acceptors (Lipinski definition) is 4. The van der Waals surface area contributed by atoms with Crippen molar-refractivity contribution in [2.45, 2.75) is 26.4 Å². The second-order valence-corrected chi connectivity index (χ2v) is 5.04. The van der Waals surface area contributed by atoms with Crippen LogP contribution in [0.2, 0.25) is 0 Å². The summed E-state index contributed by atoms with van der Waals surface area (Å²) in [5.41, 5.74) is 6.76. The second kappa shape index (κ2) is 7.00. The molecule has 20 heavy (non-hydrogen) atoms. The molecule has 2 aromatic rings. The highest BCUT2D eigenvalue weighted by Gasteiger charge is 2.13. The van der Waals surface area contributed by atoms with E-state index >= 15 is 0 Å². The molecule has 5 nitrogen and oxygen atoms in total. The molecule has 0 bridgehead atoms. The Morgan fingerprint density at radius 3 is 2.95 bits per heavy atom. The predicted octanol–water partition coefficient (Wildman–Crippen LogP) is 1.98. The van der Waals surface area contributed by atoms with Crippen molar-refractivity contribution in [3.8, 4) is 0 Å². The molecule has 0 aromatic carbocycles. The molecule has 0 spiro atoms. The fourth-order valence-corrected chi connectivity index (χ4v) is 2.13. The van der Waals surface area contributed by atoms with E-state index in [4.69, 9.17) is 18.0 Å². The minimum Gasteiger partial charge on any atom is -0.393 e. The predicted molar refractivity (Wildman–Crippen MR) is 84.6 cm³/mol. The summed E-state index contributed by atoms with van der Waals surface area (Å²) in [4.78, 5) is 11.3. The van der Waals surface area contributed by atoms with Crippen molar-refractivity contribution >= 4 is 23.2 Å². The normalized spacial score (nSPS) is 10.4. The average molecular weight is 289 g/mol. The first-order chi connectivity index (χ1) is 9.70. The molecule has 0 atom stereocenters. The maximum absolute atomic E-state index is 5.62. The Hall–Kier alpha value is -1.95. The van der Waals surface area contributed by atoms with E-state index in [1.54, 1.807) is 6.20 Å². The molecule has 6 heteroatoms. The molecule has 0 aliphatic carbocycles. The summed E-state index contributed by atoms with van der Waals surface area (Å²) in [7, 11) is 0. The van der Waals surface area contributed by atoms with E-state index in [0.29, 0.717) is 11.4 Å². The Kier molecular flexibility index (Phi) is 5.06. The Balaban J connectivity index is 2.18. The van der Waals surface area contributed by atoms with Gasteiger partial charge in [-0.05, 0) is 18.6 Å². The lowest BCUT2D eigenvalue weighted by Gasteiger charge is -2.24. The number of rotatable bonds is 7. The largest absolute Gasteiger partial charge is 0.393 e. The van der Waals surface area contributed by atoms with Gasteiger partial charge in [-0.15, -0.1) is 0 Å². The molecule has 2 N–H and O–H groups in total. The monoisotopic (exact) mass is 289 g/mol. The molecule has 2 heterocycles. The Morgan fingerprint density at radius 1 is 1.45 bits per heavy atom. The van der Waals surface area contributed by atoms with E-state index < -0.39 is 0 Å². The molecule has 0 radical (unpaired) electrons. The van der Waals surface area contributed by atoms with Crippen LogP contribution in [0.15, 0.2) is 36.9 Å². The molecule has 0 saturated carbocycles. The van der Waals surface area contributed by atoms with Crippen LogP contribution in [0, 0.1) is 0 Å². The van der Waals surface area contributed by atoms with Crippen LogP contribution in [0.1, 0.15) is 18.9 Å². The highest BCUT2D eigenvalue weighted by Crippen LogP contribution is 2.15. The van der Waals surface area contributed by atoms with Crippen LogP contribution in [0.5, 0.6) is 0 Å². The van der Waals surface area contributed by atoms with Crippen molar-refractivity contribution in [3.05, 3.63) is 42.5 Å². The molecular formula is C14H19N5S. The van der Waals surface area contributed by atoms with Crippen LogP contribution < -0.4 is 10.6 Å². The third-order valence-electron chi connectivity index (χ3n) is 3.04. The van der Waals surface area contributed by atoms with Crippen LogP contribution in [-0.4, -0.2) is 26.1 Å². The molecule has 0 aliphatic heterocycles. The van der Waals surface area contributed by atoms with Gasteiger partial charge in [-0.3, -0.25) is 4.98 Å². The van der Waals surface area contributed by atoms with Gasteiger partial charge in [0.2, 0.25) is 5.95 Å². The van der Waals surface area contributed by atoms with Crippen molar-refractivity contribution in [2.75, 3.05) is 11.4 Å². The van der Waals surface area contributed by atoms with Crippen molar-refractivity contribution in [2.24, 2.45) is 5.73 Å². The van der Waals surface area contributed by atoms with Gasteiger partial charge in [-0.25, -0.2) is 4.98 Å².